The lowest BCUT2D eigenvalue weighted by atomic mass is 10.1. The highest BCUT2D eigenvalue weighted by atomic mass is 79.9. The van der Waals surface area contributed by atoms with Crippen LogP contribution in [0.5, 0.6) is 0 Å². The van der Waals surface area contributed by atoms with Gasteiger partial charge in [-0.2, -0.15) is 5.10 Å². The molecule has 19 heavy (non-hydrogen) atoms. The Kier molecular flexibility index (Phi) is 4.52. The molecule has 0 spiro atoms. The Balaban J connectivity index is 2.00. The highest BCUT2D eigenvalue weighted by Crippen LogP contribution is 2.12. The van der Waals surface area contributed by atoms with Crippen molar-refractivity contribution < 1.29 is 4.79 Å². The molecule has 0 aliphatic carbocycles. The predicted octanol–water partition coefficient (Wildman–Crippen LogP) is 2.27. The minimum Gasteiger partial charge on any atom is -0.351 e. The van der Waals surface area contributed by atoms with Gasteiger partial charge in [0.25, 0.3) is 5.91 Å². The molecule has 0 saturated heterocycles. The molecule has 2 rings (SSSR count). The molecule has 0 fully saturated rings. The highest BCUT2D eigenvalue weighted by molar-refractivity contribution is 9.09. The second-order valence-electron chi connectivity index (χ2n) is 4.90. The molecule has 0 bridgehead atoms. The molecule has 1 N–H and O–H groups in total. The first-order valence-corrected chi connectivity index (χ1v) is 7.19. The molecule has 0 radical (unpaired) electrons. The number of hydrogen-bond acceptors (Lipinski definition) is 3. The number of rotatable bonds is 5. The maximum Gasteiger partial charge on any atom is 0.255 e. The maximum absolute atomic E-state index is 12.1. The van der Waals surface area contributed by atoms with Gasteiger partial charge in [-0.05, 0) is 12.3 Å². The normalized spacial score (nSPS) is 12.8. The fourth-order valence-electron chi connectivity index (χ4n) is 1.90. The number of carbonyl (C=O) groups is 1. The summed E-state index contributed by atoms with van der Waals surface area (Å²) in [5.74, 6) is 0.485. The van der Waals surface area contributed by atoms with Crippen LogP contribution >= 0.6 is 15.9 Å². The van der Waals surface area contributed by atoms with Gasteiger partial charge in [-0.1, -0.05) is 29.8 Å². The van der Waals surface area contributed by atoms with E-state index in [0.29, 0.717) is 18.0 Å². The summed E-state index contributed by atoms with van der Waals surface area (Å²) < 4.78 is 1.64. The van der Waals surface area contributed by atoms with Gasteiger partial charge >= 0.3 is 0 Å². The smallest absolute Gasteiger partial charge is 0.255 e. The van der Waals surface area contributed by atoms with Crippen molar-refractivity contribution >= 4 is 27.4 Å². The van der Waals surface area contributed by atoms with Gasteiger partial charge in [0.2, 0.25) is 0 Å². The molecule has 0 aromatic carbocycles. The summed E-state index contributed by atoms with van der Waals surface area (Å²) in [6.45, 7) is 4.93. The van der Waals surface area contributed by atoms with Gasteiger partial charge in [0, 0.05) is 23.8 Å². The van der Waals surface area contributed by atoms with Crippen molar-refractivity contribution in [1.29, 1.82) is 0 Å². The average Bonchev–Trinajstić information content (AvgIpc) is 2.79. The number of nitrogens with zero attached hydrogens (tertiary/aromatic N) is 3. The highest BCUT2D eigenvalue weighted by Gasteiger charge is 2.14. The van der Waals surface area contributed by atoms with Crippen LogP contribution in [0.3, 0.4) is 0 Å². The lowest BCUT2D eigenvalue weighted by Gasteiger charge is -2.12. The topological polar surface area (TPSA) is 59.3 Å². The summed E-state index contributed by atoms with van der Waals surface area (Å²) in [5, 5.41) is 7.03. The molecule has 0 aliphatic heterocycles. The number of carbonyl (C=O) groups excluding carboxylic acids is 1. The average molecular weight is 325 g/mol. The van der Waals surface area contributed by atoms with Gasteiger partial charge < -0.3 is 5.32 Å². The van der Waals surface area contributed by atoms with Crippen molar-refractivity contribution in [1.82, 2.24) is 19.9 Å². The van der Waals surface area contributed by atoms with Crippen LogP contribution in [0.15, 0.2) is 24.8 Å². The zero-order valence-corrected chi connectivity index (χ0v) is 12.6. The zero-order valence-electron chi connectivity index (χ0n) is 11.0. The van der Waals surface area contributed by atoms with Gasteiger partial charge in [0.1, 0.15) is 0 Å². The SMILES string of the molecule is CC(C)CC(Br)CNC(=O)c1cnn2ccncc12. The van der Waals surface area contributed by atoms with Crippen LogP contribution in [0, 0.1) is 5.92 Å². The van der Waals surface area contributed by atoms with Crippen LogP contribution in [0.2, 0.25) is 0 Å². The van der Waals surface area contributed by atoms with Crippen LogP contribution < -0.4 is 5.32 Å². The van der Waals surface area contributed by atoms with Gasteiger partial charge in [-0.15, -0.1) is 0 Å². The minimum atomic E-state index is -0.115. The fourth-order valence-corrected chi connectivity index (χ4v) is 2.81. The van der Waals surface area contributed by atoms with E-state index in [-0.39, 0.29) is 10.7 Å². The van der Waals surface area contributed by atoms with E-state index in [1.807, 2.05) is 0 Å². The molecule has 5 nitrogen and oxygen atoms in total. The second-order valence-corrected chi connectivity index (χ2v) is 6.20. The molecule has 6 heteroatoms. The third-order valence-corrected chi connectivity index (χ3v) is 3.48. The number of aromatic nitrogens is 3. The van der Waals surface area contributed by atoms with Crippen molar-refractivity contribution in [2.75, 3.05) is 6.54 Å². The molecule has 0 aliphatic rings. The summed E-state index contributed by atoms with van der Waals surface area (Å²) in [4.78, 5) is 16.4. The monoisotopic (exact) mass is 324 g/mol. The Morgan fingerprint density at radius 1 is 1.47 bits per heavy atom. The Morgan fingerprint density at radius 2 is 2.26 bits per heavy atom. The molecular weight excluding hydrogens is 308 g/mol. The Labute approximate surface area is 120 Å². The molecule has 2 aromatic heterocycles. The van der Waals surface area contributed by atoms with Crippen LogP contribution in [0.1, 0.15) is 30.6 Å². The zero-order chi connectivity index (χ0) is 13.8. The van der Waals surface area contributed by atoms with Crippen LogP contribution in [0.4, 0.5) is 0 Å². The van der Waals surface area contributed by atoms with E-state index < -0.39 is 0 Å². The lowest BCUT2D eigenvalue weighted by Crippen LogP contribution is -2.30. The first-order chi connectivity index (χ1) is 9.08. The van der Waals surface area contributed by atoms with Gasteiger partial charge in [0.05, 0.1) is 23.5 Å². The quantitative estimate of drug-likeness (QED) is 0.858. The van der Waals surface area contributed by atoms with Gasteiger partial charge in [0.15, 0.2) is 0 Å². The number of halogens is 1. The number of alkyl halides is 1. The standard InChI is InChI=1S/C13H17BrN4O/c1-9(2)5-10(14)6-16-13(19)11-7-17-18-4-3-15-8-12(11)18/h3-4,7-10H,5-6H2,1-2H3,(H,16,19). The van der Waals surface area contributed by atoms with Crippen molar-refractivity contribution in [2.45, 2.75) is 25.1 Å². The molecule has 2 aromatic rings. The fraction of sp³-hybridized carbons (Fsp3) is 0.462. The first-order valence-electron chi connectivity index (χ1n) is 6.27. The molecular formula is C13H17BrN4O. The summed E-state index contributed by atoms with van der Waals surface area (Å²) in [6.07, 6.45) is 7.59. The van der Waals surface area contributed by atoms with Gasteiger partial charge in [-0.25, -0.2) is 4.52 Å². The summed E-state index contributed by atoms with van der Waals surface area (Å²) in [6, 6.07) is 0. The Hall–Kier alpha value is -1.43. The summed E-state index contributed by atoms with van der Waals surface area (Å²) in [5.41, 5.74) is 1.27. The summed E-state index contributed by atoms with van der Waals surface area (Å²) in [7, 11) is 0. The molecule has 1 amide bonds. The third-order valence-electron chi connectivity index (χ3n) is 2.78. The van der Waals surface area contributed by atoms with Crippen LogP contribution in [0.25, 0.3) is 5.52 Å². The number of amides is 1. The predicted molar refractivity (Wildman–Crippen MR) is 77.5 cm³/mol. The first kappa shape index (κ1) is 14.0. The van der Waals surface area contributed by atoms with Crippen LogP contribution in [-0.2, 0) is 0 Å². The Morgan fingerprint density at radius 3 is 3.00 bits per heavy atom. The van der Waals surface area contributed by atoms with E-state index >= 15 is 0 Å². The minimum absolute atomic E-state index is 0.115. The number of hydrogen-bond donors (Lipinski definition) is 1. The molecule has 2 heterocycles. The van der Waals surface area contributed by atoms with Crippen molar-refractivity contribution in [3.8, 4) is 0 Å². The van der Waals surface area contributed by atoms with E-state index in [0.717, 1.165) is 11.9 Å². The second kappa shape index (κ2) is 6.14. The largest absolute Gasteiger partial charge is 0.351 e. The summed E-state index contributed by atoms with van der Waals surface area (Å²) >= 11 is 3.57. The lowest BCUT2D eigenvalue weighted by molar-refractivity contribution is 0.0955. The maximum atomic E-state index is 12.1. The molecule has 0 saturated carbocycles. The van der Waals surface area contributed by atoms with Crippen molar-refractivity contribution in [3.63, 3.8) is 0 Å². The number of nitrogens with one attached hydrogen (secondary N) is 1. The van der Waals surface area contributed by atoms with Crippen LogP contribution in [-0.4, -0.2) is 31.9 Å². The molecule has 102 valence electrons. The van der Waals surface area contributed by atoms with E-state index in [2.05, 4.69) is 45.2 Å². The third kappa shape index (κ3) is 3.53. The van der Waals surface area contributed by atoms with Crippen molar-refractivity contribution in [3.05, 3.63) is 30.4 Å². The van der Waals surface area contributed by atoms with Crippen molar-refractivity contribution in [2.24, 2.45) is 5.92 Å². The number of fused-ring (bicyclic) bond motifs is 1. The van der Waals surface area contributed by atoms with E-state index in [4.69, 9.17) is 0 Å². The molecule has 1 unspecified atom stereocenters. The van der Waals surface area contributed by atoms with E-state index in [1.54, 1.807) is 29.3 Å². The molecule has 1 atom stereocenters. The Bertz CT molecular complexity index is 567. The van der Waals surface area contributed by atoms with E-state index in [9.17, 15) is 4.79 Å². The van der Waals surface area contributed by atoms with E-state index in [1.165, 1.54) is 0 Å². The van der Waals surface area contributed by atoms with Gasteiger partial charge in [-0.3, -0.25) is 9.78 Å².